The summed E-state index contributed by atoms with van der Waals surface area (Å²) in [6.45, 7) is 3.18. The molecule has 202 valence electrons. The fourth-order valence-electron chi connectivity index (χ4n) is 5.69. The molecule has 2 saturated heterocycles. The molecule has 38 heavy (non-hydrogen) atoms. The summed E-state index contributed by atoms with van der Waals surface area (Å²) < 4.78 is 35.0. The monoisotopic (exact) mass is 527 g/mol. The number of alkyl halides is 2. The average Bonchev–Trinajstić information content (AvgIpc) is 3.67. The second-order valence-corrected chi connectivity index (χ2v) is 10.2. The Kier molecular flexibility index (Phi) is 6.60. The van der Waals surface area contributed by atoms with E-state index in [1.54, 1.807) is 35.2 Å². The van der Waals surface area contributed by atoms with Crippen molar-refractivity contribution in [2.24, 2.45) is 0 Å². The van der Waals surface area contributed by atoms with E-state index in [1.807, 2.05) is 4.90 Å². The van der Waals surface area contributed by atoms with Crippen LogP contribution in [0.15, 0.2) is 30.3 Å². The van der Waals surface area contributed by atoms with Crippen molar-refractivity contribution in [2.45, 2.75) is 50.2 Å². The van der Waals surface area contributed by atoms with E-state index < -0.39 is 12.0 Å². The Balaban J connectivity index is 1.32. The largest absolute Gasteiger partial charge is 0.380 e. The summed E-state index contributed by atoms with van der Waals surface area (Å²) in [7, 11) is 0. The van der Waals surface area contributed by atoms with Crippen molar-refractivity contribution in [3.63, 3.8) is 0 Å². The summed E-state index contributed by atoms with van der Waals surface area (Å²) in [6.07, 6.45) is 0.611. The van der Waals surface area contributed by atoms with Gasteiger partial charge in [0.25, 0.3) is 12.3 Å². The van der Waals surface area contributed by atoms with Gasteiger partial charge in [-0.25, -0.2) is 13.8 Å². The quantitative estimate of drug-likeness (QED) is 0.504. The van der Waals surface area contributed by atoms with Crippen molar-refractivity contribution in [1.29, 1.82) is 0 Å². The second kappa shape index (κ2) is 10.1. The van der Waals surface area contributed by atoms with Gasteiger partial charge < -0.3 is 25.0 Å². The summed E-state index contributed by atoms with van der Waals surface area (Å²) in [4.78, 5) is 30.2. The third-order valence-corrected chi connectivity index (χ3v) is 7.66. The summed E-state index contributed by atoms with van der Waals surface area (Å²) in [6, 6.07) is 8.53. The number of carbonyl (C=O) groups is 1. The molecule has 2 aromatic heterocycles. The average molecular weight is 528 g/mol. The predicted octanol–water partition coefficient (Wildman–Crippen LogP) is 2.91. The summed E-state index contributed by atoms with van der Waals surface area (Å²) in [5.74, 6) is 0.597. The minimum absolute atomic E-state index is 0.0988. The zero-order valence-electron chi connectivity index (χ0n) is 21.0. The number of aliphatic hydroxyl groups is 1. The molecule has 1 aromatic carbocycles. The van der Waals surface area contributed by atoms with Gasteiger partial charge in [-0.15, -0.1) is 0 Å². The number of nitrogens with one attached hydrogen (secondary N) is 1. The van der Waals surface area contributed by atoms with E-state index in [9.17, 15) is 18.7 Å². The highest BCUT2D eigenvalue weighted by molar-refractivity contribution is 5.85. The molecule has 1 saturated carbocycles. The summed E-state index contributed by atoms with van der Waals surface area (Å²) in [5, 5.41) is 14.2. The molecular formula is C26H31F2N7O3. The Hall–Kier alpha value is -3.38. The highest BCUT2D eigenvalue weighted by Crippen LogP contribution is 2.33. The Morgan fingerprint density at radius 3 is 2.63 bits per heavy atom. The minimum Gasteiger partial charge on any atom is -0.380 e. The molecule has 3 aliphatic rings. The molecule has 0 bridgehead atoms. The number of carbonyl (C=O) groups excluding carboxylic acids is 1. The molecule has 2 N–H and O–H groups in total. The first kappa shape index (κ1) is 24.9. The van der Waals surface area contributed by atoms with E-state index in [0.29, 0.717) is 87.3 Å². The number of hydrogen-bond donors (Lipinski definition) is 2. The van der Waals surface area contributed by atoms with Crippen molar-refractivity contribution in [3.05, 3.63) is 36.2 Å². The highest BCUT2D eigenvalue weighted by Gasteiger charge is 2.43. The Morgan fingerprint density at radius 2 is 1.87 bits per heavy atom. The summed E-state index contributed by atoms with van der Waals surface area (Å²) >= 11 is 0. The SMILES string of the molecule is O=C(N1CC[C@H](Nc2cc(-n3c(C(F)F)nc4ccccc43)nc(N3CCOCC3)n2)C1)C1(O)CCCC1. The van der Waals surface area contributed by atoms with Crippen LogP contribution in [0.2, 0.25) is 0 Å². The molecule has 2 aliphatic heterocycles. The molecule has 3 fully saturated rings. The van der Waals surface area contributed by atoms with Gasteiger partial charge in [-0.3, -0.25) is 9.36 Å². The minimum atomic E-state index is -2.79. The third-order valence-electron chi connectivity index (χ3n) is 7.66. The van der Waals surface area contributed by atoms with E-state index in [0.717, 1.165) is 12.8 Å². The maximum absolute atomic E-state index is 14.1. The van der Waals surface area contributed by atoms with E-state index in [-0.39, 0.29) is 17.8 Å². The highest BCUT2D eigenvalue weighted by atomic mass is 19.3. The molecule has 1 atom stereocenters. The number of morpholine rings is 1. The third kappa shape index (κ3) is 4.66. The zero-order valence-corrected chi connectivity index (χ0v) is 21.0. The standard InChI is InChI=1S/C26H31F2N7O3/c27-22(28)23-30-18-5-1-2-6-19(18)35(23)21-15-20(31-25(32-21)33-11-13-38-14-12-33)29-17-7-10-34(16-17)24(36)26(37)8-3-4-9-26/h1-2,5-6,15,17,22,37H,3-4,7-14,16H2,(H,29,31,32)/t17-/m0/s1. The molecule has 6 rings (SSSR count). The fraction of sp³-hybridized carbons (Fsp3) is 0.538. The van der Waals surface area contributed by atoms with Crippen LogP contribution in [0.5, 0.6) is 0 Å². The predicted molar refractivity (Wildman–Crippen MR) is 137 cm³/mol. The molecule has 0 radical (unpaired) electrons. The molecule has 0 unspecified atom stereocenters. The van der Waals surface area contributed by atoms with Crippen molar-refractivity contribution in [1.82, 2.24) is 24.4 Å². The molecular weight excluding hydrogens is 496 g/mol. The van der Waals surface area contributed by atoms with Gasteiger partial charge in [0.15, 0.2) is 5.82 Å². The first-order chi connectivity index (χ1) is 18.4. The number of ether oxygens (including phenoxy) is 1. The molecule has 1 aliphatic carbocycles. The van der Waals surface area contributed by atoms with Crippen LogP contribution < -0.4 is 10.2 Å². The number of benzene rings is 1. The Bertz CT molecular complexity index is 1320. The van der Waals surface area contributed by atoms with Gasteiger partial charge >= 0.3 is 0 Å². The van der Waals surface area contributed by atoms with Gasteiger partial charge in [0.05, 0.1) is 24.2 Å². The van der Waals surface area contributed by atoms with Crippen LogP contribution in [0.4, 0.5) is 20.5 Å². The lowest BCUT2D eigenvalue weighted by molar-refractivity contribution is -0.149. The molecule has 0 spiro atoms. The molecule has 10 nitrogen and oxygen atoms in total. The van der Waals surface area contributed by atoms with Crippen LogP contribution in [-0.4, -0.2) is 86.5 Å². The number of aromatic nitrogens is 4. The van der Waals surface area contributed by atoms with Gasteiger partial charge in [-0.2, -0.15) is 9.97 Å². The number of rotatable bonds is 6. The van der Waals surface area contributed by atoms with E-state index in [4.69, 9.17) is 9.72 Å². The van der Waals surface area contributed by atoms with Crippen LogP contribution in [0.3, 0.4) is 0 Å². The topological polar surface area (TPSA) is 109 Å². The second-order valence-electron chi connectivity index (χ2n) is 10.2. The van der Waals surface area contributed by atoms with Crippen LogP contribution in [-0.2, 0) is 9.53 Å². The molecule has 3 aromatic rings. The van der Waals surface area contributed by atoms with Crippen LogP contribution in [0, 0.1) is 0 Å². The Labute approximate surface area is 218 Å². The van der Waals surface area contributed by atoms with Gasteiger partial charge in [0.1, 0.15) is 17.2 Å². The molecule has 1 amide bonds. The maximum atomic E-state index is 14.1. The number of nitrogens with zero attached hydrogens (tertiary/aromatic N) is 6. The van der Waals surface area contributed by atoms with Crippen LogP contribution >= 0.6 is 0 Å². The molecule has 4 heterocycles. The summed E-state index contributed by atoms with van der Waals surface area (Å²) in [5.41, 5.74) is -0.268. The number of para-hydroxylation sites is 2. The van der Waals surface area contributed by atoms with Crippen molar-refractivity contribution >= 4 is 28.7 Å². The lowest BCUT2D eigenvalue weighted by Gasteiger charge is -2.28. The van der Waals surface area contributed by atoms with Crippen molar-refractivity contribution < 1.29 is 23.4 Å². The van der Waals surface area contributed by atoms with Gasteiger partial charge in [0, 0.05) is 38.3 Å². The number of anilines is 2. The van der Waals surface area contributed by atoms with E-state index >= 15 is 0 Å². The number of halogens is 2. The van der Waals surface area contributed by atoms with Gasteiger partial charge in [-0.1, -0.05) is 12.1 Å². The van der Waals surface area contributed by atoms with Crippen LogP contribution in [0.25, 0.3) is 16.9 Å². The van der Waals surface area contributed by atoms with Crippen molar-refractivity contribution in [2.75, 3.05) is 49.6 Å². The first-order valence-electron chi connectivity index (χ1n) is 13.2. The van der Waals surface area contributed by atoms with Crippen molar-refractivity contribution in [3.8, 4) is 5.82 Å². The fourth-order valence-corrected chi connectivity index (χ4v) is 5.69. The number of fused-ring (bicyclic) bond motifs is 1. The van der Waals surface area contributed by atoms with Gasteiger partial charge in [0.2, 0.25) is 5.95 Å². The van der Waals surface area contributed by atoms with E-state index in [2.05, 4.69) is 15.3 Å². The lowest BCUT2D eigenvalue weighted by atomic mass is 10.0. The maximum Gasteiger partial charge on any atom is 0.296 e. The normalized spacial score (nSPS) is 21.5. The van der Waals surface area contributed by atoms with Crippen LogP contribution in [0.1, 0.15) is 44.4 Å². The number of amides is 1. The molecule has 12 heteroatoms. The lowest BCUT2D eigenvalue weighted by Crippen LogP contribution is -2.47. The smallest absolute Gasteiger partial charge is 0.296 e. The Morgan fingerprint density at radius 1 is 1.11 bits per heavy atom. The zero-order chi connectivity index (χ0) is 26.3. The van der Waals surface area contributed by atoms with E-state index in [1.165, 1.54) is 4.57 Å². The van der Waals surface area contributed by atoms with Gasteiger partial charge in [-0.05, 0) is 44.2 Å². The first-order valence-corrected chi connectivity index (χ1v) is 13.2. The number of likely N-dealkylation sites (tertiary alicyclic amines) is 1. The number of hydrogen-bond acceptors (Lipinski definition) is 8. The number of imidazole rings is 1.